The van der Waals surface area contributed by atoms with E-state index in [1.165, 1.54) is 0 Å². The molecule has 0 saturated carbocycles. The van der Waals surface area contributed by atoms with Gasteiger partial charge >= 0.3 is 0 Å². The lowest BCUT2D eigenvalue weighted by atomic mass is 10.1. The summed E-state index contributed by atoms with van der Waals surface area (Å²) in [4.78, 5) is 8.82. The molecule has 0 aliphatic carbocycles. The van der Waals surface area contributed by atoms with Gasteiger partial charge in [-0.1, -0.05) is 6.07 Å². The maximum atomic E-state index is 5.51. The number of hydrogen-bond acceptors (Lipinski definition) is 3. The van der Waals surface area contributed by atoms with Crippen molar-refractivity contribution >= 4 is 29.9 Å². The highest BCUT2D eigenvalue weighted by Crippen LogP contribution is 2.15. The van der Waals surface area contributed by atoms with Crippen LogP contribution in [0.1, 0.15) is 40.2 Å². The van der Waals surface area contributed by atoms with Gasteiger partial charge in [0.25, 0.3) is 0 Å². The number of pyridine rings is 1. The van der Waals surface area contributed by atoms with E-state index < -0.39 is 0 Å². The Kier molecular flexibility index (Phi) is 9.32. The molecule has 0 unspecified atom stereocenters. The minimum atomic E-state index is -0.0291. The van der Waals surface area contributed by atoms with Crippen LogP contribution in [0.25, 0.3) is 0 Å². The molecule has 0 bridgehead atoms. The highest BCUT2D eigenvalue weighted by atomic mass is 127. The van der Waals surface area contributed by atoms with Crippen LogP contribution in [0.5, 0.6) is 5.88 Å². The Labute approximate surface area is 145 Å². The topological polar surface area (TPSA) is 58.5 Å². The fraction of sp³-hybridized carbons (Fsp3) is 0.600. The summed E-state index contributed by atoms with van der Waals surface area (Å²) in [5.41, 5.74) is 0.957. The molecule has 0 aliphatic heterocycles. The molecule has 0 amide bonds. The summed E-state index contributed by atoms with van der Waals surface area (Å²) in [7, 11) is 0. The van der Waals surface area contributed by atoms with E-state index in [1.54, 1.807) is 6.20 Å². The SMILES string of the molecule is CCNC(=NCc1cccnc1OCC)NC(C)(C)C.I. The van der Waals surface area contributed by atoms with Gasteiger partial charge in [0, 0.05) is 23.8 Å². The maximum absolute atomic E-state index is 5.51. The molecule has 0 atom stereocenters. The molecule has 1 rings (SSSR count). The number of ether oxygens (including phenoxy) is 1. The number of aliphatic imine (C=N–C) groups is 1. The lowest BCUT2D eigenvalue weighted by molar-refractivity contribution is 0.323. The van der Waals surface area contributed by atoms with Crippen molar-refractivity contribution in [1.82, 2.24) is 15.6 Å². The predicted octanol–water partition coefficient (Wildman–Crippen LogP) is 2.95. The summed E-state index contributed by atoms with van der Waals surface area (Å²) < 4.78 is 5.51. The summed E-state index contributed by atoms with van der Waals surface area (Å²) in [5, 5.41) is 6.60. The first-order valence-corrected chi connectivity index (χ1v) is 7.09. The van der Waals surface area contributed by atoms with Crippen molar-refractivity contribution in [3.8, 4) is 5.88 Å². The summed E-state index contributed by atoms with van der Waals surface area (Å²) in [6.45, 7) is 12.3. The lowest BCUT2D eigenvalue weighted by Gasteiger charge is -2.23. The molecule has 120 valence electrons. The van der Waals surface area contributed by atoms with Crippen LogP contribution >= 0.6 is 24.0 Å². The van der Waals surface area contributed by atoms with Gasteiger partial charge < -0.3 is 15.4 Å². The quantitative estimate of drug-likeness (QED) is 0.449. The van der Waals surface area contributed by atoms with Gasteiger partial charge in [-0.3, -0.25) is 0 Å². The number of rotatable bonds is 5. The minimum Gasteiger partial charge on any atom is -0.478 e. The van der Waals surface area contributed by atoms with Crippen LogP contribution in [0.2, 0.25) is 0 Å². The van der Waals surface area contributed by atoms with Crippen LogP contribution in [0, 0.1) is 0 Å². The van der Waals surface area contributed by atoms with Gasteiger partial charge in [-0.15, -0.1) is 24.0 Å². The van der Waals surface area contributed by atoms with Crippen molar-refractivity contribution in [2.24, 2.45) is 4.99 Å². The van der Waals surface area contributed by atoms with Gasteiger partial charge in [0.2, 0.25) is 5.88 Å². The third kappa shape index (κ3) is 8.08. The molecule has 0 radical (unpaired) electrons. The molecule has 21 heavy (non-hydrogen) atoms. The number of guanidine groups is 1. The summed E-state index contributed by atoms with van der Waals surface area (Å²) in [6.07, 6.45) is 1.73. The average molecular weight is 406 g/mol. The Morgan fingerprint density at radius 2 is 2.05 bits per heavy atom. The van der Waals surface area contributed by atoms with Crippen molar-refractivity contribution in [2.75, 3.05) is 13.2 Å². The summed E-state index contributed by atoms with van der Waals surface area (Å²) in [6, 6.07) is 3.89. The first-order chi connectivity index (χ1) is 9.46. The van der Waals surface area contributed by atoms with E-state index in [2.05, 4.69) is 48.3 Å². The van der Waals surface area contributed by atoms with Crippen LogP contribution in [0.3, 0.4) is 0 Å². The molecule has 6 heteroatoms. The first kappa shape index (κ1) is 19.9. The Balaban J connectivity index is 0.00000400. The van der Waals surface area contributed by atoms with E-state index in [1.807, 2.05) is 19.1 Å². The summed E-state index contributed by atoms with van der Waals surface area (Å²) >= 11 is 0. The zero-order chi connectivity index (χ0) is 15.0. The van der Waals surface area contributed by atoms with Gasteiger partial charge in [-0.05, 0) is 40.7 Å². The molecule has 0 fully saturated rings. The fourth-order valence-corrected chi connectivity index (χ4v) is 1.64. The minimum absolute atomic E-state index is 0. The molecular weight excluding hydrogens is 379 g/mol. The molecule has 1 aromatic rings. The lowest BCUT2D eigenvalue weighted by Crippen LogP contribution is -2.47. The molecular formula is C15H27IN4O. The van der Waals surface area contributed by atoms with Crippen LogP contribution in [-0.2, 0) is 6.54 Å². The van der Waals surface area contributed by atoms with Gasteiger partial charge in [0.1, 0.15) is 0 Å². The molecule has 2 N–H and O–H groups in total. The third-order valence-corrected chi connectivity index (χ3v) is 2.38. The summed E-state index contributed by atoms with van der Waals surface area (Å²) in [5.74, 6) is 1.46. The van der Waals surface area contributed by atoms with Crippen molar-refractivity contribution in [3.63, 3.8) is 0 Å². The Morgan fingerprint density at radius 1 is 1.33 bits per heavy atom. The largest absolute Gasteiger partial charge is 0.478 e. The Bertz CT molecular complexity index is 444. The molecule has 5 nitrogen and oxygen atoms in total. The smallest absolute Gasteiger partial charge is 0.218 e. The predicted molar refractivity (Wildman–Crippen MR) is 98.5 cm³/mol. The number of halogens is 1. The monoisotopic (exact) mass is 406 g/mol. The number of aromatic nitrogens is 1. The first-order valence-electron chi connectivity index (χ1n) is 7.09. The number of nitrogens with zero attached hydrogens (tertiary/aromatic N) is 2. The van der Waals surface area contributed by atoms with Crippen molar-refractivity contribution < 1.29 is 4.74 Å². The average Bonchev–Trinajstić information content (AvgIpc) is 2.36. The zero-order valence-electron chi connectivity index (χ0n) is 13.6. The van der Waals surface area contributed by atoms with Crippen LogP contribution in [0.15, 0.2) is 23.3 Å². The highest BCUT2D eigenvalue weighted by molar-refractivity contribution is 14.0. The third-order valence-electron chi connectivity index (χ3n) is 2.38. The van der Waals surface area contributed by atoms with E-state index in [9.17, 15) is 0 Å². The normalized spacial score (nSPS) is 11.6. The molecule has 0 aromatic carbocycles. The van der Waals surface area contributed by atoms with Gasteiger partial charge in [0.05, 0.1) is 13.2 Å². The fourth-order valence-electron chi connectivity index (χ4n) is 1.64. The van der Waals surface area contributed by atoms with Crippen molar-refractivity contribution in [2.45, 2.75) is 46.7 Å². The second kappa shape index (κ2) is 9.81. The van der Waals surface area contributed by atoms with E-state index in [4.69, 9.17) is 4.74 Å². The maximum Gasteiger partial charge on any atom is 0.218 e. The van der Waals surface area contributed by atoms with Gasteiger partial charge in [-0.2, -0.15) is 0 Å². The van der Waals surface area contributed by atoms with Crippen LogP contribution in [0.4, 0.5) is 0 Å². The van der Waals surface area contributed by atoms with Crippen LogP contribution < -0.4 is 15.4 Å². The molecule has 1 heterocycles. The molecule has 0 saturated heterocycles. The zero-order valence-corrected chi connectivity index (χ0v) is 15.9. The highest BCUT2D eigenvalue weighted by Gasteiger charge is 2.12. The van der Waals surface area contributed by atoms with E-state index in [0.717, 1.165) is 18.1 Å². The Morgan fingerprint density at radius 3 is 2.62 bits per heavy atom. The molecule has 1 aromatic heterocycles. The Hall–Kier alpha value is -1.05. The van der Waals surface area contributed by atoms with Crippen LogP contribution in [-0.4, -0.2) is 29.6 Å². The van der Waals surface area contributed by atoms with Crippen molar-refractivity contribution in [1.29, 1.82) is 0 Å². The standard InChI is InChI=1S/C15H26N4O.HI/c1-6-16-14(19-15(3,4)5)18-11-12-9-8-10-17-13(12)20-7-2;/h8-10H,6-7,11H2,1-5H3,(H2,16,18,19);1H. The second-order valence-corrected chi connectivity index (χ2v) is 5.47. The van der Waals surface area contributed by atoms with Crippen molar-refractivity contribution in [3.05, 3.63) is 23.9 Å². The number of nitrogens with one attached hydrogen (secondary N) is 2. The van der Waals surface area contributed by atoms with E-state index >= 15 is 0 Å². The van der Waals surface area contributed by atoms with E-state index in [0.29, 0.717) is 19.0 Å². The van der Waals surface area contributed by atoms with E-state index in [-0.39, 0.29) is 29.5 Å². The second-order valence-electron chi connectivity index (χ2n) is 5.47. The molecule has 0 aliphatic rings. The molecule has 0 spiro atoms. The van der Waals surface area contributed by atoms with Gasteiger partial charge in [-0.25, -0.2) is 9.98 Å². The van der Waals surface area contributed by atoms with Gasteiger partial charge in [0.15, 0.2) is 5.96 Å². The number of hydrogen-bond donors (Lipinski definition) is 2.